The first-order valence-corrected chi connectivity index (χ1v) is 5.49. The van der Waals surface area contributed by atoms with Crippen molar-refractivity contribution in [1.82, 2.24) is 0 Å². The summed E-state index contributed by atoms with van der Waals surface area (Å²) < 4.78 is 39.0. The van der Waals surface area contributed by atoms with E-state index in [-0.39, 0.29) is 0 Å². The van der Waals surface area contributed by atoms with Gasteiger partial charge in [0.25, 0.3) is 0 Å². The van der Waals surface area contributed by atoms with Crippen LogP contribution < -0.4 is 4.90 Å². The second kappa shape index (κ2) is 10.3. The smallest absolute Gasteiger partial charge is 0.418 e. The summed E-state index contributed by atoms with van der Waals surface area (Å²) in [7, 11) is -3.70. The molecule has 94 valence electrons. The van der Waals surface area contributed by atoms with Crippen LogP contribution in [0.2, 0.25) is 0 Å². The summed E-state index contributed by atoms with van der Waals surface area (Å²) >= 11 is 0. The van der Waals surface area contributed by atoms with Crippen molar-refractivity contribution in [2.75, 3.05) is 20.1 Å². The molecule has 0 atom stereocenters. The molecule has 0 radical (unpaired) electrons. The Labute approximate surface area is 89.9 Å². The molecule has 0 saturated carbocycles. The highest BCUT2D eigenvalue weighted by atomic mass is 19.5. The SMILES string of the molecule is CCCC[NH+](C)CCCC.F[B-](F)(F)F. The quantitative estimate of drug-likeness (QED) is 0.528. The number of quaternary nitrogens is 1. The van der Waals surface area contributed by atoms with E-state index >= 15 is 0 Å². The first kappa shape index (κ1) is 17.1. The molecule has 0 aliphatic heterocycles. The molecule has 0 aliphatic rings. The lowest BCUT2D eigenvalue weighted by molar-refractivity contribution is -0.880. The number of hydrogen-bond donors (Lipinski definition) is 1. The zero-order valence-electron chi connectivity index (χ0n) is 9.83. The average molecular weight is 231 g/mol. The molecule has 6 heteroatoms. The number of hydrogen-bond acceptors (Lipinski definition) is 0. The first-order valence-electron chi connectivity index (χ1n) is 5.49. The fraction of sp³-hybridized carbons (Fsp3) is 1.00. The van der Waals surface area contributed by atoms with Gasteiger partial charge in [-0.3, -0.25) is 0 Å². The van der Waals surface area contributed by atoms with Gasteiger partial charge in [0.2, 0.25) is 0 Å². The first-order chi connectivity index (χ1) is 6.81. The predicted octanol–water partition coefficient (Wildman–Crippen LogP) is 2.40. The largest absolute Gasteiger partial charge is 0.673 e. The summed E-state index contributed by atoms with van der Waals surface area (Å²) in [5.74, 6) is 0. The van der Waals surface area contributed by atoms with Crippen LogP contribution in [0.1, 0.15) is 39.5 Å². The van der Waals surface area contributed by atoms with Crippen LogP contribution in [-0.2, 0) is 0 Å². The Bertz CT molecular complexity index is 116. The minimum Gasteiger partial charge on any atom is -0.418 e. The van der Waals surface area contributed by atoms with Crippen LogP contribution in [0.25, 0.3) is 0 Å². The highest BCUT2D eigenvalue weighted by Crippen LogP contribution is 2.06. The van der Waals surface area contributed by atoms with Gasteiger partial charge >= 0.3 is 7.25 Å². The highest BCUT2D eigenvalue weighted by Gasteiger charge is 2.20. The van der Waals surface area contributed by atoms with Gasteiger partial charge in [-0.15, -0.1) is 0 Å². The third-order valence-electron chi connectivity index (χ3n) is 1.91. The number of halogens is 4. The minimum atomic E-state index is -6.00. The van der Waals surface area contributed by atoms with E-state index in [0.717, 1.165) is 0 Å². The maximum absolute atomic E-state index is 9.75. The van der Waals surface area contributed by atoms with Gasteiger partial charge in [0.05, 0.1) is 20.1 Å². The summed E-state index contributed by atoms with van der Waals surface area (Å²) in [6.45, 7) is 7.23. The van der Waals surface area contributed by atoms with Crippen LogP contribution in [0.15, 0.2) is 0 Å². The average Bonchev–Trinajstić information content (AvgIpc) is 2.08. The van der Waals surface area contributed by atoms with Gasteiger partial charge in [-0.2, -0.15) is 0 Å². The van der Waals surface area contributed by atoms with Gasteiger partial charge in [-0.05, 0) is 12.8 Å². The Morgan fingerprint density at radius 1 is 0.867 bits per heavy atom. The fourth-order valence-electron chi connectivity index (χ4n) is 1.08. The number of unbranched alkanes of at least 4 members (excludes halogenated alkanes) is 2. The maximum Gasteiger partial charge on any atom is 0.673 e. The molecule has 0 bridgehead atoms. The number of rotatable bonds is 6. The molecular formula is C9H22BF4N. The molecule has 0 unspecified atom stereocenters. The van der Waals surface area contributed by atoms with Gasteiger partial charge in [0.15, 0.2) is 0 Å². The third-order valence-corrected chi connectivity index (χ3v) is 1.91. The maximum atomic E-state index is 9.75. The van der Waals surface area contributed by atoms with Crippen molar-refractivity contribution >= 4 is 7.25 Å². The van der Waals surface area contributed by atoms with Gasteiger partial charge in [0.1, 0.15) is 0 Å². The van der Waals surface area contributed by atoms with Crippen molar-refractivity contribution in [3.63, 3.8) is 0 Å². The van der Waals surface area contributed by atoms with Crippen molar-refractivity contribution < 1.29 is 22.2 Å². The van der Waals surface area contributed by atoms with Crippen molar-refractivity contribution in [1.29, 1.82) is 0 Å². The summed E-state index contributed by atoms with van der Waals surface area (Å²) in [6, 6.07) is 0. The molecule has 0 aliphatic carbocycles. The molecule has 0 heterocycles. The Balaban J connectivity index is 0. The Morgan fingerprint density at radius 2 is 1.13 bits per heavy atom. The molecule has 0 aromatic carbocycles. The van der Waals surface area contributed by atoms with Crippen LogP contribution in [0, 0.1) is 0 Å². The van der Waals surface area contributed by atoms with Crippen molar-refractivity contribution in [3.05, 3.63) is 0 Å². The van der Waals surface area contributed by atoms with E-state index in [1.54, 1.807) is 4.90 Å². The van der Waals surface area contributed by atoms with E-state index in [9.17, 15) is 17.3 Å². The lowest BCUT2D eigenvalue weighted by Gasteiger charge is -2.11. The molecule has 0 rings (SSSR count). The molecule has 0 fully saturated rings. The minimum absolute atomic E-state index is 1.34. The molecule has 15 heavy (non-hydrogen) atoms. The van der Waals surface area contributed by atoms with E-state index in [4.69, 9.17) is 0 Å². The zero-order valence-corrected chi connectivity index (χ0v) is 9.83. The molecule has 0 spiro atoms. The third kappa shape index (κ3) is 31.6. The second-order valence-electron chi connectivity index (χ2n) is 3.66. The topological polar surface area (TPSA) is 4.44 Å². The van der Waals surface area contributed by atoms with Gasteiger partial charge < -0.3 is 22.2 Å². The van der Waals surface area contributed by atoms with E-state index in [1.165, 1.54) is 38.8 Å². The van der Waals surface area contributed by atoms with Crippen LogP contribution in [0.4, 0.5) is 17.3 Å². The van der Waals surface area contributed by atoms with Crippen LogP contribution in [0.3, 0.4) is 0 Å². The van der Waals surface area contributed by atoms with Crippen LogP contribution in [-0.4, -0.2) is 27.4 Å². The summed E-state index contributed by atoms with van der Waals surface area (Å²) in [5.41, 5.74) is 0. The number of nitrogens with one attached hydrogen (secondary N) is 1. The van der Waals surface area contributed by atoms with Gasteiger partial charge in [0, 0.05) is 0 Å². The summed E-state index contributed by atoms with van der Waals surface area (Å²) in [5, 5.41) is 0. The monoisotopic (exact) mass is 231 g/mol. The van der Waals surface area contributed by atoms with E-state index in [1.807, 2.05) is 0 Å². The molecule has 0 saturated heterocycles. The Morgan fingerprint density at radius 3 is 1.33 bits per heavy atom. The highest BCUT2D eigenvalue weighted by molar-refractivity contribution is 6.50. The molecule has 0 aromatic rings. The normalized spacial score (nSPS) is 11.2. The molecule has 0 aromatic heterocycles. The molecule has 1 N–H and O–H groups in total. The zero-order chi connectivity index (χ0) is 12.3. The predicted molar refractivity (Wildman–Crippen MR) is 56.6 cm³/mol. The standard InChI is InChI=1S/C9H21N.BF4/c1-4-6-8-10(3)9-7-5-2;2-1(3,4)5/h4-9H2,1-3H3;/q;-1/p+1. The molecule has 0 amide bonds. The Kier molecular flexibility index (Phi) is 11.7. The molecule has 1 nitrogen and oxygen atoms in total. The lowest BCUT2D eigenvalue weighted by atomic mass is 10.3. The van der Waals surface area contributed by atoms with Gasteiger partial charge in [-0.25, -0.2) is 0 Å². The van der Waals surface area contributed by atoms with Crippen molar-refractivity contribution in [2.45, 2.75) is 39.5 Å². The van der Waals surface area contributed by atoms with E-state index in [0.29, 0.717) is 0 Å². The van der Waals surface area contributed by atoms with E-state index in [2.05, 4.69) is 20.9 Å². The van der Waals surface area contributed by atoms with E-state index < -0.39 is 7.25 Å². The second-order valence-corrected chi connectivity index (χ2v) is 3.66. The van der Waals surface area contributed by atoms with Crippen molar-refractivity contribution in [2.24, 2.45) is 0 Å². The van der Waals surface area contributed by atoms with Crippen LogP contribution >= 0.6 is 0 Å². The molecular weight excluding hydrogens is 209 g/mol. The summed E-state index contributed by atoms with van der Waals surface area (Å²) in [6.07, 6.45) is 5.44. The summed E-state index contributed by atoms with van der Waals surface area (Å²) in [4.78, 5) is 1.70. The fourth-order valence-corrected chi connectivity index (χ4v) is 1.08. The van der Waals surface area contributed by atoms with Crippen LogP contribution in [0.5, 0.6) is 0 Å². The van der Waals surface area contributed by atoms with Gasteiger partial charge in [-0.1, -0.05) is 26.7 Å². The van der Waals surface area contributed by atoms with Crippen molar-refractivity contribution in [3.8, 4) is 0 Å². The Hall–Kier alpha value is -0.255. The lowest BCUT2D eigenvalue weighted by Crippen LogP contribution is -3.08.